The zero-order valence-corrected chi connectivity index (χ0v) is 13.4. The standard InChI is InChI=1S/C17H13IN2O/c18-16-8-4-7-14(10-16)9-15(11-19)17(21)20-12-13-5-2-1-3-6-13/h1-10H,12H2,(H,20,21)/b15-9-. The van der Waals surface area contributed by atoms with Crippen LogP contribution in [0.2, 0.25) is 0 Å². The molecule has 0 unspecified atom stereocenters. The molecule has 0 spiro atoms. The SMILES string of the molecule is N#C/C(=C/c1cccc(I)c1)C(=O)NCc1ccccc1. The average Bonchev–Trinajstić information content (AvgIpc) is 2.51. The monoisotopic (exact) mass is 388 g/mol. The summed E-state index contributed by atoms with van der Waals surface area (Å²) in [7, 11) is 0. The van der Waals surface area contributed by atoms with Gasteiger partial charge in [0.2, 0.25) is 0 Å². The van der Waals surface area contributed by atoms with Crippen molar-refractivity contribution in [3.05, 3.63) is 74.9 Å². The van der Waals surface area contributed by atoms with Crippen LogP contribution in [0.4, 0.5) is 0 Å². The van der Waals surface area contributed by atoms with Crippen LogP contribution in [-0.4, -0.2) is 5.91 Å². The van der Waals surface area contributed by atoms with Gasteiger partial charge in [-0.15, -0.1) is 0 Å². The number of nitrogens with zero attached hydrogens (tertiary/aromatic N) is 1. The quantitative estimate of drug-likeness (QED) is 0.495. The lowest BCUT2D eigenvalue weighted by Gasteiger charge is -2.04. The maximum absolute atomic E-state index is 12.0. The number of benzene rings is 2. The lowest BCUT2D eigenvalue weighted by molar-refractivity contribution is -0.117. The number of rotatable bonds is 4. The minimum atomic E-state index is -0.361. The first-order valence-corrected chi connectivity index (χ1v) is 7.46. The summed E-state index contributed by atoms with van der Waals surface area (Å²) < 4.78 is 1.06. The molecule has 2 aromatic carbocycles. The Morgan fingerprint density at radius 3 is 2.62 bits per heavy atom. The van der Waals surface area contributed by atoms with E-state index < -0.39 is 0 Å². The van der Waals surface area contributed by atoms with Crippen LogP contribution in [0.25, 0.3) is 6.08 Å². The predicted octanol–water partition coefficient (Wildman–Crippen LogP) is 3.51. The van der Waals surface area contributed by atoms with E-state index in [0.717, 1.165) is 14.7 Å². The van der Waals surface area contributed by atoms with E-state index in [4.69, 9.17) is 5.26 Å². The zero-order chi connectivity index (χ0) is 15.1. The number of carbonyl (C=O) groups is 1. The van der Waals surface area contributed by atoms with E-state index in [9.17, 15) is 4.79 Å². The molecule has 0 aliphatic rings. The molecule has 2 rings (SSSR count). The fourth-order valence-corrected chi connectivity index (χ4v) is 2.35. The van der Waals surface area contributed by atoms with E-state index in [2.05, 4.69) is 27.9 Å². The Labute approximate surface area is 137 Å². The van der Waals surface area contributed by atoms with Crippen LogP contribution in [0.15, 0.2) is 60.2 Å². The number of nitrogens with one attached hydrogen (secondary N) is 1. The van der Waals surface area contributed by atoms with E-state index in [1.165, 1.54) is 0 Å². The maximum Gasteiger partial charge on any atom is 0.262 e. The van der Waals surface area contributed by atoms with Gasteiger partial charge < -0.3 is 5.32 Å². The highest BCUT2D eigenvalue weighted by molar-refractivity contribution is 14.1. The first-order chi connectivity index (χ1) is 10.2. The van der Waals surface area contributed by atoms with E-state index in [1.54, 1.807) is 6.08 Å². The second-order valence-corrected chi connectivity index (χ2v) is 5.64. The van der Waals surface area contributed by atoms with E-state index >= 15 is 0 Å². The molecule has 0 aliphatic carbocycles. The molecule has 0 radical (unpaired) electrons. The lowest BCUT2D eigenvalue weighted by Crippen LogP contribution is -2.23. The Balaban J connectivity index is 2.07. The Bertz CT molecular complexity index is 702. The van der Waals surface area contributed by atoms with Gasteiger partial charge in [-0.05, 0) is 51.9 Å². The predicted molar refractivity (Wildman–Crippen MR) is 91.0 cm³/mol. The summed E-state index contributed by atoms with van der Waals surface area (Å²) in [6.45, 7) is 0.408. The fraction of sp³-hybridized carbons (Fsp3) is 0.0588. The Hall–Kier alpha value is -2.13. The number of hydrogen-bond acceptors (Lipinski definition) is 2. The molecule has 3 nitrogen and oxygen atoms in total. The largest absolute Gasteiger partial charge is 0.347 e. The molecule has 0 aromatic heterocycles. The summed E-state index contributed by atoms with van der Waals surface area (Å²) in [6, 6.07) is 19.2. The number of nitriles is 1. The molecule has 0 saturated carbocycles. The Morgan fingerprint density at radius 1 is 1.19 bits per heavy atom. The molecule has 4 heteroatoms. The van der Waals surface area contributed by atoms with Crippen molar-refractivity contribution >= 4 is 34.6 Å². The van der Waals surface area contributed by atoms with Gasteiger partial charge in [0.15, 0.2) is 0 Å². The number of amides is 1. The maximum atomic E-state index is 12.0. The molecule has 104 valence electrons. The lowest BCUT2D eigenvalue weighted by atomic mass is 10.1. The highest BCUT2D eigenvalue weighted by Crippen LogP contribution is 2.11. The summed E-state index contributed by atoms with van der Waals surface area (Å²) in [6.07, 6.45) is 1.60. The van der Waals surface area contributed by atoms with Crippen LogP contribution in [0, 0.1) is 14.9 Å². The topological polar surface area (TPSA) is 52.9 Å². The molecule has 0 fully saturated rings. The van der Waals surface area contributed by atoms with Gasteiger partial charge in [0.1, 0.15) is 11.6 Å². The Morgan fingerprint density at radius 2 is 1.95 bits per heavy atom. The summed E-state index contributed by atoms with van der Waals surface area (Å²) in [5.74, 6) is -0.361. The van der Waals surface area contributed by atoms with Crippen LogP contribution in [0.5, 0.6) is 0 Å². The zero-order valence-electron chi connectivity index (χ0n) is 11.2. The van der Waals surface area contributed by atoms with E-state index in [0.29, 0.717) is 6.54 Å². The molecular formula is C17H13IN2O. The van der Waals surface area contributed by atoms with Crippen molar-refractivity contribution in [3.8, 4) is 6.07 Å². The first-order valence-electron chi connectivity index (χ1n) is 6.38. The third-order valence-electron chi connectivity index (χ3n) is 2.82. The van der Waals surface area contributed by atoms with Crippen molar-refractivity contribution in [2.75, 3.05) is 0 Å². The van der Waals surface area contributed by atoms with Crippen molar-refractivity contribution in [1.82, 2.24) is 5.32 Å². The van der Waals surface area contributed by atoms with Crippen LogP contribution in [-0.2, 0) is 11.3 Å². The second-order valence-electron chi connectivity index (χ2n) is 4.39. The summed E-state index contributed by atoms with van der Waals surface area (Å²) >= 11 is 2.19. The molecule has 0 bridgehead atoms. The number of halogens is 1. The second kappa shape index (κ2) is 7.60. The van der Waals surface area contributed by atoms with Gasteiger partial charge >= 0.3 is 0 Å². The van der Waals surface area contributed by atoms with Crippen molar-refractivity contribution in [3.63, 3.8) is 0 Å². The van der Waals surface area contributed by atoms with Crippen molar-refractivity contribution < 1.29 is 4.79 Å². The van der Waals surface area contributed by atoms with Crippen LogP contribution >= 0.6 is 22.6 Å². The van der Waals surface area contributed by atoms with Gasteiger partial charge in [0.25, 0.3) is 5.91 Å². The molecule has 21 heavy (non-hydrogen) atoms. The summed E-state index contributed by atoms with van der Waals surface area (Å²) in [5.41, 5.74) is 1.94. The number of hydrogen-bond donors (Lipinski definition) is 1. The van der Waals surface area contributed by atoms with Crippen molar-refractivity contribution in [1.29, 1.82) is 5.26 Å². The van der Waals surface area contributed by atoms with Gasteiger partial charge in [-0.25, -0.2) is 0 Å². The fourth-order valence-electron chi connectivity index (χ4n) is 1.79. The highest BCUT2D eigenvalue weighted by atomic mass is 127. The molecule has 1 amide bonds. The van der Waals surface area contributed by atoms with Crippen molar-refractivity contribution in [2.24, 2.45) is 0 Å². The molecule has 0 aliphatic heterocycles. The third kappa shape index (κ3) is 4.72. The van der Waals surface area contributed by atoms with Crippen LogP contribution in [0.1, 0.15) is 11.1 Å². The third-order valence-corrected chi connectivity index (χ3v) is 3.49. The van der Waals surface area contributed by atoms with Gasteiger partial charge in [-0.1, -0.05) is 42.5 Å². The highest BCUT2D eigenvalue weighted by Gasteiger charge is 2.08. The normalized spacial score (nSPS) is 10.8. The van der Waals surface area contributed by atoms with Gasteiger partial charge in [0.05, 0.1) is 0 Å². The molecule has 1 N–H and O–H groups in total. The minimum absolute atomic E-state index is 0.105. The summed E-state index contributed by atoms with van der Waals surface area (Å²) in [4.78, 5) is 12.0. The van der Waals surface area contributed by atoms with Gasteiger partial charge in [-0.2, -0.15) is 5.26 Å². The van der Waals surface area contributed by atoms with Crippen LogP contribution < -0.4 is 5.32 Å². The number of carbonyl (C=O) groups excluding carboxylic acids is 1. The first kappa shape index (κ1) is 15.3. The minimum Gasteiger partial charge on any atom is -0.347 e. The summed E-state index contributed by atoms with van der Waals surface area (Å²) in [5, 5.41) is 11.9. The average molecular weight is 388 g/mol. The molecule has 0 saturated heterocycles. The van der Waals surface area contributed by atoms with Gasteiger partial charge in [-0.3, -0.25) is 4.79 Å². The van der Waals surface area contributed by atoms with Gasteiger partial charge in [0, 0.05) is 10.1 Å². The van der Waals surface area contributed by atoms with E-state index in [-0.39, 0.29) is 11.5 Å². The smallest absolute Gasteiger partial charge is 0.262 e. The molecular weight excluding hydrogens is 375 g/mol. The molecule has 2 aromatic rings. The van der Waals surface area contributed by atoms with Crippen LogP contribution in [0.3, 0.4) is 0 Å². The van der Waals surface area contributed by atoms with Crippen molar-refractivity contribution in [2.45, 2.75) is 6.54 Å². The van der Waals surface area contributed by atoms with E-state index in [1.807, 2.05) is 60.7 Å². The molecule has 0 atom stereocenters. The Kier molecular flexibility index (Phi) is 5.52. The molecule has 0 heterocycles.